The maximum absolute atomic E-state index is 11.4. The Labute approximate surface area is 99.4 Å². The molecule has 0 atom stereocenters. The summed E-state index contributed by atoms with van der Waals surface area (Å²) in [7, 11) is -3.77. The molecule has 1 aromatic carbocycles. The summed E-state index contributed by atoms with van der Waals surface area (Å²) in [5.74, 6) is 0.356. The molecule has 88 valence electrons. The highest BCUT2D eigenvalue weighted by molar-refractivity contribution is 7.89. The number of primary sulfonamides is 1. The molecule has 0 fully saturated rings. The molecule has 1 heterocycles. The summed E-state index contributed by atoms with van der Waals surface area (Å²) in [6, 6.07) is 8.14. The average Bonchev–Trinajstić information content (AvgIpc) is 2.28. The third kappa shape index (κ3) is 2.48. The first-order valence-corrected chi connectivity index (χ1v) is 6.45. The lowest BCUT2D eigenvalue weighted by Crippen LogP contribution is -2.13. The van der Waals surface area contributed by atoms with E-state index < -0.39 is 10.0 Å². The molecule has 0 aliphatic heterocycles. The van der Waals surface area contributed by atoms with E-state index in [4.69, 9.17) is 5.14 Å². The van der Waals surface area contributed by atoms with Gasteiger partial charge in [-0.3, -0.25) is 0 Å². The Hall–Kier alpha value is -1.79. The van der Waals surface area contributed by atoms with Crippen molar-refractivity contribution in [3.63, 3.8) is 0 Å². The summed E-state index contributed by atoms with van der Waals surface area (Å²) in [5.41, 5.74) is 1.18. The van der Waals surface area contributed by atoms with Crippen LogP contribution >= 0.6 is 0 Å². The van der Waals surface area contributed by atoms with E-state index in [1.165, 1.54) is 6.07 Å². The minimum atomic E-state index is -3.77. The van der Waals surface area contributed by atoms with E-state index in [9.17, 15) is 8.42 Å². The van der Waals surface area contributed by atoms with Crippen molar-refractivity contribution in [2.45, 2.75) is 11.8 Å². The third-order valence-corrected chi connectivity index (χ3v) is 3.20. The van der Waals surface area contributed by atoms with E-state index in [0.717, 1.165) is 5.69 Å². The maximum Gasteiger partial charge on any atom is 0.238 e. The second-order valence-corrected chi connectivity index (χ2v) is 5.09. The van der Waals surface area contributed by atoms with Crippen molar-refractivity contribution in [2.24, 2.45) is 5.14 Å². The number of aryl methyl sites for hydroxylation is 1. The highest BCUT2D eigenvalue weighted by atomic mass is 32.2. The lowest BCUT2D eigenvalue weighted by Gasteiger charge is -2.06. The molecule has 0 aliphatic rings. The molecule has 17 heavy (non-hydrogen) atoms. The molecule has 0 saturated carbocycles. The van der Waals surface area contributed by atoms with Gasteiger partial charge in [0, 0.05) is 17.5 Å². The smallest absolute Gasteiger partial charge is 0.237 e. The molecule has 0 amide bonds. The van der Waals surface area contributed by atoms with Crippen LogP contribution in [0, 0.1) is 6.92 Å². The van der Waals surface area contributed by atoms with Crippen molar-refractivity contribution < 1.29 is 8.42 Å². The molecule has 0 radical (unpaired) electrons. The zero-order chi connectivity index (χ0) is 12.5. The molecule has 6 heteroatoms. The van der Waals surface area contributed by atoms with Gasteiger partial charge in [-0.1, -0.05) is 12.1 Å². The minimum absolute atomic E-state index is 0.0330. The summed E-state index contributed by atoms with van der Waals surface area (Å²) in [6.45, 7) is 1.81. The number of nitrogens with two attached hydrogens (primary N) is 1. The number of hydrogen-bond acceptors (Lipinski definition) is 4. The van der Waals surface area contributed by atoms with E-state index >= 15 is 0 Å². The molecule has 2 N–H and O–H groups in total. The molecule has 0 aliphatic carbocycles. The molecule has 0 unspecified atom stereocenters. The first-order valence-electron chi connectivity index (χ1n) is 4.90. The van der Waals surface area contributed by atoms with Crippen molar-refractivity contribution in [1.82, 2.24) is 9.97 Å². The number of nitrogens with zero attached hydrogens (tertiary/aromatic N) is 2. The maximum atomic E-state index is 11.4. The molecule has 2 aromatic rings. The van der Waals surface area contributed by atoms with E-state index in [1.807, 2.05) is 6.92 Å². The van der Waals surface area contributed by atoms with Crippen molar-refractivity contribution >= 4 is 10.0 Å². The van der Waals surface area contributed by atoms with Crippen LogP contribution < -0.4 is 5.14 Å². The second-order valence-electron chi connectivity index (χ2n) is 3.56. The van der Waals surface area contributed by atoms with Crippen molar-refractivity contribution in [3.8, 4) is 11.4 Å². The van der Waals surface area contributed by atoms with E-state index in [0.29, 0.717) is 11.4 Å². The van der Waals surface area contributed by atoms with Gasteiger partial charge < -0.3 is 0 Å². The van der Waals surface area contributed by atoms with Crippen LogP contribution in [0.1, 0.15) is 5.69 Å². The molecule has 0 bridgehead atoms. The quantitative estimate of drug-likeness (QED) is 0.863. The van der Waals surface area contributed by atoms with Crippen LogP contribution in [0.25, 0.3) is 11.4 Å². The van der Waals surface area contributed by atoms with E-state index in [1.54, 1.807) is 30.5 Å². The first-order chi connectivity index (χ1) is 7.98. The summed E-state index contributed by atoms with van der Waals surface area (Å²) < 4.78 is 22.9. The number of aromatic nitrogens is 2. The van der Waals surface area contributed by atoms with E-state index in [-0.39, 0.29) is 4.90 Å². The molecular formula is C11H11N3O2S. The van der Waals surface area contributed by atoms with Crippen molar-refractivity contribution in [3.05, 3.63) is 42.2 Å². The van der Waals surface area contributed by atoms with Crippen molar-refractivity contribution in [2.75, 3.05) is 0 Å². The van der Waals surface area contributed by atoms with Gasteiger partial charge in [-0.05, 0) is 25.1 Å². The summed E-state index contributed by atoms with van der Waals surface area (Å²) >= 11 is 0. The molecule has 2 rings (SSSR count). The predicted octanol–water partition coefficient (Wildman–Crippen LogP) is 1.10. The number of benzene rings is 1. The molecule has 0 spiro atoms. The Morgan fingerprint density at radius 2 is 1.88 bits per heavy atom. The summed E-state index contributed by atoms with van der Waals surface area (Å²) in [4.78, 5) is 8.27. The van der Waals surface area contributed by atoms with Crippen LogP contribution in [-0.4, -0.2) is 18.4 Å². The Morgan fingerprint density at radius 1 is 1.18 bits per heavy atom. The number of sulfonamides is 1. The fourth-order valence-electron chi connectivity index (χ4n) is 1.48. The zero-order valence-corrected chi connectivity index (χ0v) is 9.98. The Bertz CT molecular complexity index is 653. The highest BCUT2D eigenvalue weighted by Gasteiger charge is 2.15. The lowest BCUT2D eigenvalue weighted by molar-refractivity contribution is 0.598. The third-order valence-electron chi connectivity index (χ3n) is 2.23. The average molecular weight is 249 g/mol. The fraction of sp³-hybridized carbons (Fsp3) is 0.0909. The van der Waals surface area contributed by atoms with Gasteiger partial charge in [0.1, 0.15) is 0 Å². The van der Waals surface area contributed by atoms with Gasteiger partial charge in [-0.2, -0.15) is 0 Å². The number of rotatable bonds is 2. The van der Waals surface area contributed by atoms with E-state index in [2.05, 4.69) is 9.97 Å². The summed E-state index contributed by atoms with van der Waals surface area (Å²) in [5, 5.41) is 5.15. The van der Waals surface area contributed by atoms with Crippen LogP contribution in [0.5, 0.6) is 0 Å². The van der Waals surface area contributed by atoms with Gasteiger partial charge in [0.2, 0.25) is 10.0 Å². The lowest BCUT2D eigenvalue weighted by atomic mass is 10.2. The van der Waals surface area contributed by atoms with Crippen LogP contribution in [0.2, 0.25) is 0 Å². The van der Waals surface area contributed by atoms with Gasteiger partial charge in [0.05, 0.1) is 4.90 Å². The Morgan fingerprint density at radius 3 is 2.53 bits per heavy atom. The Kier molecular flexibility index (Phi) is 2.91. The summed E-state index contributed by atoms with van der Waals surface area (Å²) in [6.07, 6.45) is 1.58. The monoisotopic (exact) mass is 249 g/mol. The van der Waals surface area contributed by atoms with Crippen LogP contribution in [0.4, 0.5) is 0 Å². The van der Waals surface area contributed by atoms with Gasteiger partial charge in [0.15, 0.2) is 5.82 Å². The highest BCUT2D eigenvalue weighted by Crippen LogP contribution is 2.22. The normalized spacial score (nSPS) is 11.4. The SMILES string of the molecule is Cc1ccnc(-c2ccccc2S(N)(=O)=O)n1. The molecular weight excluding hydrogens is 238 g/mol. The van der Waals surface area contributed by atoms with Crippen molar-refractivity contribution in [1.29, 1.82) is 0 Å². The van der Waals surface area contributed by atoms with Crippen LogP contribution in [0.3, 0.4) is 0 Å². The number of hydrogen-bond donors (Lipinski definition) is 1. The fourth-order valence-corrected chi connectivity index (χ4v) is 2.21. The molecule has 5 nitrogen and oxygen atoms in total. The standard InChI is InChI=1S/C11H11N3O2S/c1-8-6-7-13-11(14-8)9-4-2-3-5-10(9)17(12,15)16/h2-7H,1H3,(H2,12,15,16). The predicted molar refractivity (Wildman–Crippen MR) is 63.6 cm³/mol. The first kappa shape index (κ1) is 11.7. The van der Waals surface area contributed by atoms with Gasteiger partial charge in [-0.15, -0.1) is 0 Å². The van der Waals surface area contributed by atoms with Crippen LogP contribution in [0.15, 0.2) is 41.4 Å². The topological polar surface area (TPSA) is 85.9 Å². The Balaban J connectivity index is 2.69. The molecule has 1 aromatic heterocycles. The van der Waals surface area contributed by atoms with Gasteiger partial charge in [0.25, 0.3) is 0 Å². The van der Waals surface area contributed by atoms with Crippen LogP contribution in [-0.2, 0) is 10.0 Å². The van der Waals surface area contributed by atoms with Gasteiger partial charge >= 0.3 is 0 Å². The molecule has 0 saturated heterocycles. The minimum Gasteiger partial charge on any atom is -0.237 e. The largest absolute Gasteiger partial charge is 0.238 e. The van der Waals surface area contributed by atoms with Gasteiger partial charge in [-0.25, -0.2) is 23.5 Å². The zero-order valence-electron chi connectivity index (χ0n) is 9.16. The second kappa shape index (κ2) is 4.23.